The van der Waals surface area contributed by atoms with E-state index in [0.717, 1.165) is 42.9 Å². The fourth-order valence-electron chi connectivity index (χ4n) is 6.36. The van der Waals surface area contributed by atoms with Crippen molar-refractivity contribution >= 4 is 11.8 Å². The topological polar surface area (TPSA) is 75.4 Å². The Morgan fingerprint density at radius 1 is 0.974 bits per heavy atom. The number of hydrogen-bond donors (Lipinski definition) is 1. The summed E-state index contributed by atoms with van der Waals surface area (Å²) in [5.74, 6) is 2.32. The first-order valence-electron chi connectivity index (χ1n) is 14.5. The van der Waals surface area contributed by atoms with Gasteiger partial charge in [-0.05, 0) is 75.3 Å². The van der Waals surface area contributed by atoms with Crippen LogP contribution in [0.1, 0.15) is 55.6 Å². The van der Waals surface area contributed by atoms with Crippen molar-refractivity contribution in [1.29, 1.82) is 0 Å². The smallest absolute Gasteiger partial charge is 0.259 e. The minimum absolute atomic E-state index is 0.0257. The van der Waals surface area contributed by atoms with Gasteiger partial charge in [-0.3, -0.25) is 9.59 Å². The third-order valence-electron chi connectivity index (χ3n) is 8.15. The molecule has 2 aliphatic rings. The summed E-state index contributed by atoms with van der Waals surface area (Å²) in [7, 11) is 0. The van der Waals surface area contributed by atoms with Crippen LogP contribution >= 0.6 is 0 Å². The maximum Gasteiger partial charge on any atom is 0.259 e. The van der Waals surface area contributed by atoms with E-state index in [1.165, 1.54) is 19.5 Å². The maximum atomic E-state index is 13.8. The number of aryl methyl sites for hydroxylation is 1. The summed E-state index contributed by atoms with van der Waals surface area (Å²) in [5, 5.41) is 7.92. The second kappa shape index (κ2) is 12.2. The van der Waals surface area contributed by atoms with Gasteiger partial charge in [0.05, 0.1) is 11.4 Å². The van der Waals surface area contributed by atoms with E-state index in [1.54, 1.807) is 0 Å². The van der Waals surface area contributed by atoms with E-state index in [2.05, 4.69) is 24.1 Å². The van der Waals surface area contributed by atoms with Crippen molar-refractivity contribution in [3.8, 4) is 11.5 Å². The highest BCUT2D eigenvalue weighted by atomic mass is 16.2. The van der Waals surface area contributed by atoms with Gasteiger partial charge in [-0.1, -0.05) is 32.0 Å². The Morgan fingerprint density at radius 2 is 1.64 bits per heavy atom. The van der Waals surface area contributed by atoms with Crippen LogP contribution in [0.15, 0.2) is 54.9 Å². The van der Waals surface area contributed by atoms with Gasteiger partial charge in [0.15, 0.2) is 5.82 Å². The first-order chi connectivity index (χ1) is 18.9. The molecule has 2 amide bonds. The number of carbonyl (C=O) groups excluding carboxylic acids is 2. The van der Waals surface area contributed by atoms with Crippen LogP contribution in [0.5, 0.6) is 0 Å². The Hall–Kier alpha value is -3.39. The minimum Gasteiger partial charge on any atom is -0.356 e. The van der Waals surface area contributed by atoms with Crippen molar-refractivity contribution in [2.75, 3.05) is 39.3 Å². The number of aromatic nitrogens is 3. The maximum absolute atomic E-state index is 13.8. The first kappa shape index (κ1) is 27.2. The molecule has 0 bridgehead atoms. The Kier molecular flexibility index (Phi) is 8.50. The molecule has 0 unspecified atom stereocenters. The average molecular weight is 531 g/mol. The number of piperidine rings is 2. The molecule has 8 nitrogen and oxygen atoms in total. The fraction of sp³-hybridized carbons (Fsp3) is 0.516. The molecule has 39 heavy (non-hydrogen) atoms. The third kappa shape index (κ3) is 6.27. The van der Waals surface area contributed by atoms with Crippen LogP contribution in [0.4, 0.5) is 0 Å². The highest BCUT2D eigenvalue weighted by Crippen LogP contribution is 2.27. The van der Waals surface area contributed by atoms with Crippen molar-refractivity contribution in [2.24, 2.45) is 17.8 Å². The predicted molar refractivity (Wildman–Crippen MR) is 153 cm³/mol. The van der Waals surface area contributed by atoms with E-state index in [1.807, 2.05) is 75.9 Å². The van der Waals surface area contributed by atoms with Gasteiger partial charge in [0.2, 0.25) is 5.91 Å². The largest absolute Gasteiger partial charge is 0.356 e. The van der Waals surface area contributed by atoms with Crippen LogP contribution < -0.4 is 5.32 Å². The second-order valence-electron chi connectivity index (χ2n) is 11.5. The molecule has 208 valence electrons. The molecule has 2 saturated heterocycles. The molecule has 3 aromatic rings. The third-order valence-corrected chi connectivity index (χ3v) is 8.15. The van der Waals surface area contributed by atoms with Crippen LogP contribution in [-0.2, 0) is 4.79 Å². The summed E-state index contributed by atoms with van der Waals surface area (Å²) in [6.45, 7) is 11.8. The molecular weight excluding hydrogens is 488 g/mol. The molecule has 0 spiro atoms. The average Bonchev–Trinajstić information content (AvgIpc) is 3.58. The lowest BCUT2D eigenvalue weighted by Gasteiger charge is -2.35. The zero-order valence-corrected chi connectivity index (χ0v) is 23.6. The summed E-state index contributed by atoms with van der Waals surface area (Å²) in [5.41, 5.74) is 2.22. The normalized spacial score (nSPS) is 20.7. The summed E-state index contributed by atoms with van der Waals surface area (Å²) in [6, 6.07) is 13.8. The van der Waals surface area contributed by atoms with Crippen molar-refractivity contribution in [3.63, 3.8) is 0 Å². The molecule has 5 rings (SSSR count). The molecule has 8 heteroatoms. The van der Waals surface area contributed by atoms with Crippen LogP contribution in [0, 0.1) is 24.7 Å². The molecule has 0 radical (unpaired) electrons. The van der Waals surface area contributed by atoms with Crippen molar-refractivity contribution in [2.45, 2.75) is 46.5 Å². The van der Waals surface area contributed by atoms with Gasteiger partial charge < -0.3 is 19.7 Å². The number of hydrogen-bond acceptors (Lipinski definition) is 4. The van der Waals surface area contributed by atoms with Crippen LogP contribution in [-0.4, -0.2) is 75.2 Å². The van der Waals surface area contributed by atoms with E-state index in [4.69, 9.17) is 5.10 Å². The molecular formula is C31H42N6O2. The highest BCUT2D eigenvalue weighted by Gasteiger charge is 2.32. The fourth-order valence-corrected chi connectivity index (χ4v) is 6.36. The molecule has 0 aliphatic carbocycles. The van der Waals surface area contributed by atoms with Crippen molar-refractivity contribution in [3.05, 3.63) is 66.1 Å². The molecule has 1 N–H and O–H groups in total. The Balaban J connectivity index is 1.18. The number of nitrogens with one attached hydrogen (secondary N) is 1. The molecule has 4 heterocycles. The first-order valence-corrected chi connectivity index (χ1v) is 14.5. The minimum atomic E-state index is -0.0406. The quantitative estimate of drug-likeness (QED) is 0.441. The summed E-state index contributed by atoms with van der Waals surface area (Å²) >= 11 is 0. The molecule has 2 aromatic heterocycles. The Bertz CT molecular complexity index is 1230. The van der Waals surface area contributed by atoms with E-state index in [9.17, 15) is 9.59 Å². The highest BCUT2D eigenvalue weighted by molar-refractivity contribution is 5.99. The number of para-hydroxylation sites is 1. The van der Waals surface area contributed by atoms with Crippen LogP contribution in [0.25, 0.3) is 11.5 Å². The lowest BCUT2D eigenvalue weighted by molar-refractivity contribution is -0.126. The second-order valence-corrected chi connectivity index (χ2v) is 11.5. The monoisotopic (exact) mass is 530 g/mol. The van der Waals surface area contributed by atoms with Gasteiger partial charge in [0.1, 0.15) is 5.56 Å². The predicted octanol–water partition coefficient (Wildman–Crippen LogP) is 4.31. The summed E-state index contributed by atoms with van der Waals surface area (Å²) in [4.78, 5) is 31.1. The van der Waals surface area contributed by atoms with Gasteiger partial charge in [-0.15, -0.1) is 0 Å². The number of likely N-dealkylation sites (tertiary alicyclic amines) is 2. The van der Waals surface area contributed by atoms with Crippen molar-refractivity contribution in [1.82, 2.24) is 29.5 Å². The Morgan fingerprint density at radius 3 is 2.31 bits per heavy atom. The van der Waals surface area contributed by atoms with E-state index < -0.39 is 0 Å². The number of nitrogens with zero attached hydrogens (tertiary/aromatic N) is 5. The Labute approximate surface area is 232 Å². The molecule has 1 aromatic carbocycles. The molecule has 0 saturated carbocycles. The number of rotatable bonds is 8. The molecule has 2 fully saturated rings. The van der Waals surface area contributed by atoms with E-state index in [-0.39, 0.29) is 17.7 Å². The van der Waals surface area contributed by atoms with Gasteiger partial charge in [-0.25, -0.2) is 4.68 Å². The number of amides is 2. The lowest BCUT2D eigenvalue weighted by Crippen LogP contribution is -2.44. The standard InChI is InChI=1S/C31H42N6O2/c1-23-20-24(2)22-34(21-23)15-9-14-32-29(38)26-12-18-36(19-13-26)31(39)28-25(3)33-37(27-10-5-4-6-11-27)30(28)35-16-7-8-17-35/h4-8,10-11,16-17,23-24,26H,9,12-15,18-22H2,1-3H3,(H,32,38)/t23-,24+. The lowest BCUT2D eigenvalue weighted by atomic mass is 9.92. The van der Waals surface area contributed by atoms with Gasteiger partial charge in [0.25, 0.3) is 5.91 Å². The summed E-state index contributed by atoms with van der Waals surface area (Å²) < 4.78 is 3.79. The van der Waals surface area contributed by atoms with Crippen LogP contribution in [0.2, 0.25) is 0 Å². The summed E-state index contributed by atoms with van der Waals surface area (Å²) in [6.07, 6.45) is 7.55. The van der Waals surface area contributed by atoms with Gasteiger partial charge in [0, 0.05) is 51.0 Å². The number of benzene rings is 1. The van der Waals surface area contributed by atoms with Gasteiger partial charge in [-0.2, -0.15) is 5.10 Å². The van der Waals surface area contributed by atoms with E-state index in [0.29, 0.717) is 37.2 Å². The van der Waals surface area contributed by atoms with Gasteiger partial charge >= 0.3 is 0 Å². The SMILES string of the molecule is Cc1nn(-c2ccccc2)c(-n2cccc2)c1C(=O)N1CCC(C(=O)NCCCN2C[C@H](C)C[C@H](C)C2)CC1. The van der Waals surface area contributed by atoms with Crippen LogP contribution in [0.3, 0.4) is 0 Å². The van der Waals surface area contributed by atoms with E-state index >= 15 is 0 Å². The molecule has 2 atom stereocenters. The van der Waals surface area contributed by atoms with Crippen molar-refractivity contribution < 1.29 is 9.59 Å². The molecule has 2 aliphatic heterocycles. The zero-order chi connectivity index (χ0) is 27.4. The number of carbonyl (C=O) groups is 2. The zero-order valence-electron chi connectivity index (χ0n) is 23.6.